The molecule has 124 valence electrons. The summed E-state index contributed by atoms with van der Waals surface area (Å²) in [5.74, 6) is -4.20. The number of hydrogen-bond acceptors (Lipinski definition) is 3. The Labute approximate surface area is 141 Å². The zero-order valence-electron chi connectivity index (χ0n) is 11.2. The molecule has 0 unspecified atom stereocenters. The van der Waals surface area contributed by atoms with Crippen LogP contribution < -0.4 is 0 Å². The molecular formula is C14H8F6S3. The lowest BCUT2D eigenvalue weighted by atomic mass is 10.3. The van der Waals surface area contributed by atoms with Crippen molar-refractivity contribution in [1.29, 1.82) is 0 Å². The Morgan fingerprint density at radius 1 is 0.609 bits per heavy atom. The van der Waals surface area contributed by atoms with Gasteiger partial charge in [-0.3, -0.25) is 0 Å². The van der Waals surface area contributed by atoms with E-state index in [9.17, 15) is 26.3 Å². The molecule has 0 radical (unpaired) electrons. The van der Waals surface area contributed by atoms with Crippen LogP contribution in [0.2, 0.25) is 0 Å². The molecule has 0 aromatic heterocycles. The normalized spacial score (nSPS) is 11.0. The minimum Gasteiger partial charge on any atom is -0.239 e. The fourth-order valence-electron chi connectivity index (χ4n) is 1.66. The van der Waals surface area contributed by atoms with Crippen LogP contribution >= 0.6 is 35.3 Å². The zero-order valence-corrected chi connectivity index (χ0v) is 13.7. The van der Waals surface area contributed by atoms with Gasteiger partial charge in [0.15, 0.2) is 0 Å². The second-order valence-corrected chi connectivity index (χ2v) is 7.02. The first kappa shape index (κ1) is 18.4. The van der Waals surface area contributed by atoms with Crippen molar-refractivity contribution >= 4 is 35.3 Å². The predicted molar refractivity (Wildman–Crippen MR) is 80.5 cm³/mol. The van der Waals surface area contributed by atoms with Gasteiger partial charge in [0.05, 0.1) is 9.79 Å². The summed E-state index contributed by atoms with van der Waals surface area (Å²) < 4.78 is 79.9. The summed E-state index contributed by atoms with van der Waals surface area (Å²) in [7, 11) is 0. The van der Waals surface area contributed by atoms with Gasteiger partial charge in [-0.15, -0.1) is 0 Å². The van der Waals surface area contributed by atoms with Crippen LogP contribution in [0.5, 0.6) is 0 Å². The molecule has 0 atom stereocenters. The van der Waals surface area contributed by atoms with E-state index in [1.54, 1.807) is 0 Å². The van der Waals surface area contributed by atoms with Crippen LogP contribution in [-0.4, -0.2) is 12.0 Å². The monoisotopic (exact) mass is 386 g/mol. The summed E-state index contributed by atoms with van der Waals surface area (Å²) in [5, 5.41) is 0. The van der Waals surface area contributed by atoms with Gasteiger partial charge in [-0.2, -0.15) is 0 Å². The topological polar surface area (TPSA) is 0 Å². The average molecular weight is 386 g/mol. The highest BCUT2D eigenvalue weighted by Crippen LogP contribution is 2.38. The minimum atomic E-state index is -1.05. The Kier molecular flexibility index (Phi) is 6.60. The molecule has 0 saturated heterocycles. The zero-order chi connectivity index (χ0) is 17.0. The van der Waals surface area contributed by atoms with Gasteiger partial charge in [-0.05, 0) is 24.3 Å². The fourth-order valence-corrected chi connectivity index (χ4v) is 3.49. The van der Waals surface area contributed by atoms with Crippen LogP contribution in [0.1, 0.15) is 0 Å². The van der Waals surface area contributed by atoms with Crippen molar-refractivity contribution in [3.8, 4) is 0 Å². The molecule has 0 spiro atoms. The van der Waals surface area contributed by atoms with Crippen LogP contribution in [-0.2, 0) is 0 Å². The first-order chi connectivity index (χ1) is 11.0. The van der Waals surface area contributed by atoms with E-state index < -0.39 is 45.1 Å². The molecule has 0 aliphatic carbocycles. The molecule has 0 amide bonds. The Hall–Kier alpha value is -0.930. The molecule has 23 heavy (non-hydrogen) atoms. The number of hydrogen-bond donors (Lipinski definition) is 0. The molecule has 2 aromatic carbocycles. The molecule has 0 fully saturated rings. The van der Waals surface area contributed by atoms with Gasteiger partial charge in [0.25, 0.3) is 0 Å². The molecule has 0 nitrogen and oxygen atoms in total. The first-order valence-corrected chi connectivity index (χ1v) is 8.78. The van der Waals surface area contributed by atoms with Gasteiger partial charge < -0.3 is 0 Å². The van der Waals surface area contributed by atoms with Crippen molar-refractivity contribution in [2.75, 3.05) is 12.0 Å². The second kappa shape index (κ2) is 8.25. The molecule has 2 aromatic rings. The van der Waals surface area contributed by atoms with E-state index in [0.29, 0.717) is 23.5 Å². The van der Waals surface area contributed by atoms with Crippen molar-refractivity contribution in [1.82, 2.24) is 0 Å². The number of rotatable bonds is 6. The minimum absolute atomic E-state index is 0.0301. The van der Waals surface area contributed by atoms with Crippen LogP contribution in [0.15, 0.2) is 43.8 Å². The molecule has 0 heterocycles. The van der Waals surface area contributed by atoms with E-state index in [1.807, 2.05) is 0 Å². The largest absolute Gasteiger partial charge is 0.239 e. The van der Waals surface area contributed by atoms with Gasteiger partial charge in [0, 0.05) is 9.79 Å². The molecular weight excluding hydrogens is 378 g/mol. The SMILES string of the molecule is FCSc1cc(F)c(Sc2c(F)cc(SCF)cc2F)c(F)c1. The number of benzene rings is 2. The van der Waals surface area contributed by atoms with Crippen LogP contribution in [0, 0.1) is 23.3 Å². The summed E-state index contributed by atoms with van der Waals surface area (Å²) in [6, 6.07) is 1.83. The van der Waals surface area contributed by atoms with Crippen LogP contribution in [0.4, 0.5) is 26.3 Å². The summed E-state index contributed by atoms with van der Waals surface area (Å²) in [4.78, 5) is -1.14. The Morgan fingerprint density at radius 3 is 1.17 bits per heavy atom. The van der Waals surface area contributed by atoms with Gasteiger partial charge in [-0.25, -0.2) is 26.3 Å². The van der Waals surface area contributed by atoms with Gasteiger partial charge in [0.1, 0.15) is 35.3 Å². The highest BCUT2D eigenvalue weighted by atomic mass is 32.2. The van der Waals surface area contributed by atoms with E-state index in [0.717, 1.165) is 24.3 Å². The molecule has 0 aliphatic heterocycles. The van der Waals surface area contributed by atoms with E-state index in [-0.39, 0.29) is 21.6 Å². The summed E-state index contributed by atoms with van der Waals surface area (Å²) in [6.45, 7) is 0. The maximum atomic E-state index is 13.9. The number of halogens is 6. The summed E-state index contributed by atoms with van der Waals surface area (Å²) in [6.07, 6.45) is 0. The molecule has 0 N–H and O–H groups in total. The van der Waals surface area contributed by atoms with Crippen molar-refractivity contribution < 1.29 is 26.3 Å². The third kappa shape index (κ3) is 4.54. The molecule has 2 rings (SSSR count). The van der Waals surface area contributed by atoms with Crippen molar-refractivity contribution in [2.24, 2.45) is 0 Å². The smallest absolute Gasteiger partial charge is 0.141 e. The fraction of sp³-hybridized carbons (Fsp3) is 0.143. The van der Waals surface area contributed by atoms with E-state index in [2.05, 4.69) is 0 Å². The van der Waals surface area contributed by atoms with Crippen molar-refractivity contribution in [3.05, 3.63) is 47.5 Å². The van der Waals surface area contributed by atoms with Gasteiger partial charge >= 0.3 is 0 Å². The average Bonchev–Trinajstić information content (AvgIpc) is 2.45. The highest BCUT2D eigenvalue weighted by Gasteiger charge is 2.19. The Morgan fingerprint density at radius 2 is 0.913 bits per heavy atom. The molecule has 0 aliphatic rings. The standard InChI is InChI=1S/C14H8F6S3/c15-5-21-7-1-9(17)13(10(18)2-7)23-14-11(19)3-8(22-6-16)4-12(14)20/h1-4H,5-6H2. The van der Waals surface area contributed by atoms with E-state index in [4.69, 9.17) is 0 Å². The predicted octanol–water partition coefficient (Wildman–Crippen LogP) is 6.43. The number of thioether (sulfide) groups is 2. The maximum Gasteiger partial charge on any atom is 0.141 e. The third-order valence-corrected chi connectivity index (χ3v) is 5.13. The Bertz CT molecular complexity index is 601. The maximum absolute atomic E-state index is 13.9. The van der Waals surface area contributed by atoms with Gasteiger partial charge in [-0.1, -0.05) is 35.3 Å². The molecule has 9 heteroatoms. The lowest BCUT2D eigenvalue weighted by molar-refractivity contribution is 0.525. The highest BCUT2D eigenvalue weighted by molar-refractivity contribution is 8.00. The van der Waals surface area contributed by atoms with Crippen LogP contribution in [0.25, 0.3) is 0 Å². The summed E-state index contributed by atoms with van der Waals surface area (Å²) in [5.41, 5.74) is 0. The Balaban J connectivity index is 2.36. The van der Waals surface area contributed by atoms with E-state index >= 15 is 0 Å². The third-order valence-electron chi connectivity index (χ3n) is 2.59. The van der Waals surface area contributed by atoms with Gasteiger partial charge in [0.2, 0.25) is 0 Å². The van der Waals surface area contributed by atoms with Crippen molar-refractivity contribution in [2.45, 2.75) is 19.6 Å². The van der Waals surface area contributed by atoms with Crippen LogP contribution in [0.3, 0.4) is 0 Å². The first-order valence-electron chi connectivity index (χ1n) is 5.99. The summed E-state index contributed by atoms with van der Waals surface area (Å²) >= 11 is 1.42. The molecule has 0 bridgehead atoms. The lowest BCUT2D eigenvalue weighted by Gasteiger charge is -2.09. The number of alkyl halides is 2. The van der Waals surface area contributed by atoms with E-state index in [1.165, 1.54) is 0 Å². The van der Waals surface area contributed by atoms with Crippen molar-refractivity contribution in [3.63, 3.8) is 0 Å². The molecule has 0 saturated carbocycles. The quantitative estimate of drug-likeness (QED) is 0.415. The lowest BCUT2D eigenvalue weighted by Crippen LogP contribution is -1.94. The second-order valence-electron chi connectivity index (χ2n) is 4.04.